The van der Waals surface area contributed by atoms with E-state index in [0.29, 0.717) is 5.56 Å². The number of sulfone groups is 1. The number of hydrogen-bond acceptors (Lipinski definition) is 5. The summed E-state index contributed by atoms with van der Waals surface area (Å²) in [5.74, 6) is -0.175. The van der Waals surface area contributed by atoms with Crippen molar-refractivity contribution in [1.29, 1.82) is 0 Å². The SMILES string of the molecule is CC.CS(=O)(=O)Cc1cc[c-]c(OS(C)(=O)=O)c1.[Y]. The van der Waals surface area contributed by atoms with E-state index in [-0.39, 0.29) is 44.2 Å². The average Bonchev–Trinajstić information content (AvgIpc) is 2.15. The van der Waals surface area contributed by atoms with Crippen molar-refractivity contribution in [1.82, 2.24) is 0 Å². The maximum absolute atomic E-state index is 11.0. The summed E-state index contributed by atoms with van der Waals surface area (Å²) in [4.78, 5) is 0. The summed E-state index contributed by atoms with van der Waals surface area (Å²) < 4.78 is 48.3. The predicted molar refractivity (Wildman–Crippen MR) is 70.6 cm³/mol. The largest absolute Gasteiger partial charge is 0.410 e. The van der Waals surface area contributed by atoms with Gasteiger partial charge in [0.05, 0.1) is 12.0 Å². The second kappa shape index (κ2) is 9.05. The number of rotatable bonds is 4. The minimum Gasteiger partial charge on any atom is -0.410 e. The van der Waals surface area contributed by atoms with Crippen LogP contribution >= 0.6 is 0 Å². The predicted octanol–water partition coefficient (Wildman–Crippen LogP) is 1.39. The molecule has 1 radical (unpaired) electrons. The van der Waals surface area contributed by atoms with Gasteiger partial charge in [0.15, 0.2) is 0 Å². The Morgan fingerprint density at radius 1 is 1.16 bits per heavy atom. The topological polar surface area (TPSA) is 77.5 Å². The molecule has 0 bridgehead atoms. The van der Waals surface area contributed by atoms with E-state index in [9.17, 15) is 16.8 Å². The molecular weight excluding hydrogens is 365 g/mol. The van der Waals surface area contributed by atoms with Crippen LogP contribution in [0.3, 0.4) is 0 Å². The maximum Gasteiger partial charge on any atom is 0.304 e. The van der Waals surface area contributed by atoms with E-state index in [4.69, 9.17) is 0 Å². The van der Waals surface area contributed by atoms with Gasteiger partial charge in [-0.05, 0) is 0 Å². The Hall–Kier alpha value is 0.0239. The van der Waals surface area contributed by atoms with E-state index in [1.807, 2.05) is 13.8 Å². The van der Waals surface area contributed by atoms with Gasteiger partial charge in [-0.2, -0.15) is 20.6 Å². The Kier molecular flexibility index (Phi) is 10.2. The van der Waals surface area contributed by atoms with E-state index < -0.39 is 20.0 Å². The van der Waals surface area contributed by atoms with Crippen molar-refractivity contribution < 1.29 is 53.7 Å². The molecule has 0 aliphatic carbocycles. The number of benzene rings is 1. The summed E-state index contributed by atoms with van der Waals surface area (Å²) in [6, 6.07) is 6.85. The van der Waals surface area contributed by atoms with Crippen molar-refractivity contribution in [2.75, 3.05) is 12.5 Å². The van der Waals surface area contributed by atoms with Crippen LogP contribution in [-0.4, -0.2) is 29.3 Å². The third-order valence-electron chi connectivity index (χ3n) is 1.51. The first-order chi connectivity index (χ1) is 8.16. The molecule has 0 unspecified atom stereocenters. The van der Waals surface area contributed by atoms with E-state index in [0.717, 1.165) is 12.5 Å². The fraction of sp³-hybridized carbons (Fsp3) is 0.455. The first-order valence-electron chi connectivity index (χ1n) is 5.23. The van der Waals surface area contributed by atoms with Gasteiger partial charge in [0, 0.05) is 44.7 Å². The smallest absolute Gasteiger partial charge is 0.304 e. The number of hydrogen-bond donors (Lipinski definition) is 0. The van der Waals surface area contributed by atoms with Gasteiger partial charge < -0.3 is 4.18 Å². The maximum atomic E-state index is 11.0. The normalized spacial score (nSPS) is 10.7. The average molecular weight is 382 g/mol. The molecule has 0 fully saturated rings. The van der Waals surface area contributed by atoms with Crippen LogP contribution in [0.25, 0.3) is 0 Å². The molecule has 0 saturated carbocycles. The van der Waals surface area contributed by atoms with Gasteiger partial charge in [-0.25, -0.2) is 8.42 Å². The van der Waals surface area contributed by atoms with Gasteiger partial charge >= 0.3 is 10.1 Å². The molecule has 0 aromatic heterocycles. The first kappa shape index (κ1) is 21.3. The van der Waals surface area contributed by atoms with Crippen LogP contribution < -0.4 is 4.18 Å². The molecule has 0 amide bonds. The fourth-order valence-electron chi connectivity index (χ4n) is 1.09. The summed E-state index contributed by atoms with van der Waals surface area (Å²) in [5, 5.41) is 0. The van der Waals surface area contributed by atoms with Crippen LogP contribution in [0.5, 0.6) is 5.75 Å². The summed E-state index contributed by atoms with van der Waals surface area (Å²) in [5.41, 5.74) is 0.458. The molecule has 0 saturated heterocycles. The second-order valence-electron chi connectivity index (χ2n) is 3.42. The molecule has 5 nitrogen and oxygen atoms in total. The third kappa shape index (κ3) is 11.5. The van der Waals surface area contributed by atoms with Crippen molar-refractivity contribution in [3.05, 3.63) is 29.8 Å². The Morgan fingerprint density at radius 3 is 2.11 bits per heavy atom. The van der Waals surface area contributed by atoms with Crippen LogP contribution in [0, 0.1) is 6.07 Å². The summed E-state index contributed by atoms with van der Waals surface area (Å²) in [7, 11) is -6.77. The molecular formula is C11H17O5S2Y-. The minimum atomic E-state index is -3.62. The van der Waals surface area contributed by atoms with Gasteiger partial charge in [0.25, 0.3) is 0 Å². The van der Waals surface area contributed by atoms with Gasteiger partial charge in [-0.15, -0.1) is 17.7 Å². The molecule has 0 spiro atoms. The zero-order chi connectivity index (χ0) is 14.4. The Labute approximate surface area is 140 Å². The molecule has 1 rings (SSSR count). The van der Waals surface area contributed by atoms with Crippen molar-refractivity contribution in [2.24, 2.45) is 0 Å². The zero-order valence-electron chi connectivity index (χ0n) is 11.4. The van der Waals surface area contributed by atoms with Gasteiger partial charge in [-0.1, -0.05) is 13.8 Å². The molecule has 1 aromatic carbocycles. The molecule has 0 aliphatic heterocycles. The quantitative estimate of drug-likeness (QED) is 0.581. The van der Waals surface area contributed by atoms with Crippen LogP contribution in [0.4, 0.5) is 0 Å². The van der Waals surface area contributed by atoms with E-state index in [2.05, 4.69) is 10.2 Å². The van der Waals surface area contributed by atoms with Crippen molar-refractivity contribution >= 4 is 20.0 Å². The van der Waals surface area contributed by atoms with Gasteiger partial charge in [0.2, 0.25) is 0 Å². The standard InChI is InChI=1S/C9H11O5S2.C2H6.Y/c1-15(10,11)7-8-4-3-5-9(6-8)14-16(2,12)13;1-2;/h3-4,6H,7H2,1-2H3;1-2H3;/q-1;;. The molecule has 8 heteroatoms. The Bertz CT molecular complexity index is 530. The van der Waals surface area contributed by atoms with Crippen molar-refractivity contribution in [2.45, 2.75) is 19.6 Å². The van der Waals surface area contributed by atoms with E-state index in [1.165, 1.54) is 18.2 Å². The summed E-state index contributed by atoms with van der Waals surface area (Å²) >= 11 is 0. The second-order valence-corrected chi connectivity index (χ2v) is 7.13. The van der Waals surface area contributed by atoms with Crippen molar-refractivity contribution in [3.8, 4) is 5.75 Å². The first-order valence-corrected chi connectivity index (χ1v) is 9.11. The van der Waals surface area contributed by atoms with Crippen LogP contribution in [0.15, 0.2) is 18.2 Å². The molecule has 19 heavy (non-hydrogen) atoms. The fourth-order valence-corrected chi connectivity index (χ4v) is 2.30. The Morgan fingerprint density at radius 2 is 1.68 bits per heavy atom. The van der Waals surface area contributed by atoms with Gasteiger partial charge in [-0.3, -0.25) is 0 Å². The molecule has 0 aliphatic rings. The van der Waals surface area contributed by atoms with Crippen molar-refractivity contribution in [3.63, 3.8) is 0 Å². The minimum absolute atomic E-state index is 0. The zero-order valence-corrected chi connectivity index (χ0v) is 15.8. The monoisotopic (exact) mass is 382 g/mol. The molecule has 0 atom stereocenters. The van der Waals surface area contributed by atoms with Gasteiger partial charge in [0.1, 0.15) is 9.84 Å². The molecule has 0 N–H and O–H groups in total. The summed E-state index contributed by atoms with van der Waals surface area (Å²) in [6.45, 7) is 4.00. The van der Waals surface area contributed by atoms with E-state index in [1.54, 1.807) is 0 Å². The van der Waals surface area contributed by atoms with Crippen LogP contribution in [-0.2, 0) is 58.4 Å². The van der Waals surface area contributed by atoms with Crippen LogP contribution in [0.2, 0.25) is 0 Å². The third-order valence-corrected chi connectivity index (χ3v) is 2.85. The van der Waals surface area contributed by atoms with Crippen LogP contribution in [0.1, 0.15) is 19.4 Å². The summed E-state index contributed by atoms with van der Waals surface area (Å²) in [6.07, 6.45) is 2.00. The molecule has 1 aromatic rings. The van der Waals surface area contributed by atoms with E-state index >= 15 is 0 Å². The Balaban J connectivity index is 0. The molecule has 0 heterocycles. The molecule has 107 valence electrons.